The summed E-state index contributed by atoms with van der Waals surface area (Å²) in [4.78, 5) is 11.0. The predicted octanol–water partition coefficient (Wildman–Crippen LogP) is 2.25. The molecule has 0 saturated carbocycles. The van der Waals surface area contributed by atoms with Gasteiger partial charge in [-0.05, 0) is 29.1 Å². The molecule has 6 nitrogen and oxygen atoms in total. The van der Waals surface area contributed by atoms with Crippen LogP contribution in [0.3, 0.4) is 0 Å². The quantitative estimate of drug-likeness (QED) is 0.806. The minimum Gasteiger partial charge on any atom is -0.497 e. The summed E-state index contributed by atoms with van der Waals surface area (Å²) in [6.45, 7) is 0. The molecule has 118 valence electrons. The molecule has 0 aliphatic carbocycles. The summed E-state index contributed by atoms with van der Waals surface area (Å²) >= 11 is 1.07. The van der Waals surface area contributed by atoms with Gasteiger partial charge in [0.25, 0.3) is 10.0 Å². The number of ether oxygens (including phenoxy) is 1. The van der Waals surface area contributed by atoms with Crippen LogP contribution < -0.4 is 9.46 Å². The van der Waals surface area contributed by atoms with Gasteiger partial charge >= 0.3 is 5.97 Å². The number of carbonyl (C=O) groups is 1. The molecule has 0 unspecified atom stereocenters. The summed E-state index contributed by atoms with van der Waals surface area (Å²) in [6.07, 6.45) is -0.350. The lowest BCUT2D eigenvalue weighted by atomic mass is 10.0. The number of benzene rings is 1. The van der Waals surface area contributed by atoms with Crippen LogP contribution in [0.15, 0.2) is 46.0 Å². The number of carboxylic acids is 1. The monoisotopic (exact) mass is 341 g/mol. The van der Waals surface area contributed by atoms with Crippen LogP contribution in [-0.2, 0) is 14.8 Å². The average Bonchev–Trinajstić information content (AvgIpc) is 3.01. The second-order valence-electron chi connectivity index (χ2n) is 4.48. The van der Waals surface area contributed by atoms with Gasteiger partial charge in [-0.3, -0.25) is 4.79 Å². The van der Waals surface area contributed by atoms with Crippen molar-refractivity contribution in [1.29, 1.82) is 0 Å². The van der Waals surface area contributed by atoms with E-state index in [-0.39, 0.29) is 10.6 Å². The number of hydrogen-bond acceptors (Lipinski definition) is 5. The van der Waals surface area contributed by atoms with Gasteiger partial charge in [-0.25, -0.2) is 13.1 Å². The van der Waals surface area contributed by atoms with Gasteiger partial charge in [0.05, 0.1) is 19.6 Å². The largest absolute Gasteiger partial charge is 0.497 e. The smallest absolute Gasteiger partial charge is 0.305 e. The summed E-state index contributed by atoms with van der Waals surface area (Å²) < 4.78 is 32.2. The highest BCUT2D eigenvalue weighted by atomic mass is 32.2. The molecule has 0 spiro atoms. The Kier molecular flexibility index (Phi) is 5.17. The number of hydrogen-bond donors (Lipinski definition) is 2. The van der Waals surface area contributed by atoms with Crippen molar-refractivity contribution >= 4 is 27.3 Å². The lowest BCUT2D eigenvalue weighted by molar-refractivity contribution is -0.137. The van der Waals surface area contributed by atoms with Gasteiger partial charge < -0.3 is 9.84 Å². The minimum absolute atomic E-state index is 0.149. The Hall–Kier alpha value is -1.90. The van der Waals surface area contributed by atoms with E-state index in [1.807, 2.05) is 0 Å². The zero-order valence-electron chi connectivity index (χ0n) is 11.7. The molecule has 0 saturated heterocycles. The number of aliphatic carboxylic acids is 1. The standard InChI is InChI=1S/C14H15NO5S2/c1-20-11-6-4-10(5-7-11)12(9-13(16)17)15-22(18,19)14-3-2-8-21-14/h2-8,12,15H,9H2,1H3,(H,16,17)/t12-/m1/s1. The zero-order valence-corrected chi connectivity index (χ0v) is 13.4. The number of methoxy groups -OCH3 is 1. The van der Waals surface area contributed by atoms with Crippen LogP contribution in [0, 0.1) is 0 Å². The Labute approximate surface area is 132 Å². The highest BCUT2D eigenvalue weighted by Gasteiger charge is 2.24. The molecular formula is C14H15NO5S2. The van der Waals surface area contributed by atoms with E-state index in [0.717, 1.165) is 11.3 Å². The molecule has 0 amide bonds. The fourth-order valence-electron chi connectivity index (χ4n) is 1.90. The fourth-order valence-corrected chi connectivity index (χ4v) is 4.13. The molecule has 2 N–H and O–H groups in total. The molecule has 2 rings (SSSR count). The van der Waals surface area contributed by atoms with Crippen molar-refractivity contribution in [3.8, 4) is 5.75 Å². The van der Waals surface area contributed by atoms with Gasteiger partial charge in [0, 0.05) is 0 Å². The molecule has 2 aromatic rings. The summed E-state index contributed by atoms with van der Waals surface area (Å²) in [5.74, 6) is -0.478. The molecule has 1 heterocycles. The van der Waals surface area contributed by atoms with E-state index in [9.17, 15) is 13.2 Å². The predicted molar refractivity (Wildman–Crippen MR) is 82.6 cm³/mol. The molecule has 1 aromatic carbocycles. The van der Waals surface area contributed by atoms with Crippen LogP contribution >= 0.6 is 11.3 Å². The zero-order chi connectivity index (χ0) is 16.2. The summed E-state index contributed by atoms with van der Waals surface area (Å²) in [5, 5.41) is 10.7. The van der Waals surface area contributed by atoms with Crippen LogP contribution in [-0.4, -0.2) is 26.6 Å². The minimum atomic E-state index is -3.75. The van der Waals surface area contributed by atoms with Crippen molar-refractivity contribution < 1.29 is 23.1 Å². The first-order valence-corrected chi connectivity index (χ1v) is 8.70. The van der Waals surface area contributed by atoms with Crippen LogP contribution in [0.1, 0.15) is 18.0 Å². The van der Waals surface area contributed by atoms with E-state index in [0.29, 0.717) is 11.3 Å². The third-order valence-electron chi connectivity index (χ3n) is 2.95. The van der Waals surface area contributed by atoms with E-state index < -0.39 is 22.0 Å². The number of thiophene rings is 1. The van der Waals surface area contributed by atoms with Crippen molar-refractivity contribution in [2.24, 2.45) is 0 Å². The van der Waals surface area contributed by atoms with Crippen molar-refractivity contribution in [3.63, 3.8) is 0 Å². The van der Waals surface area contributed by atoms with E-state index in [2.05, 4.69) is 4.72 Å². The Morgan fingerprint density at radius 1 is 1.32 bits per heavy atom. The number of sulfonamides is 1. The van der Waals surface area contributed by atoms with E-state index in [1.165, 1.54) is 13.2 Å². The van der Waals surface area contributed by atoms with Crippen LogP contribution in [0.5, 0.6) is 5.75 Å². The van der Waals surface area contributed by atoms with Gasteiger partial charge in [0.2, 0.25) is 0 Å². The summed E-state index contributed by atoms with van der Waals surface area (Å²) in [6, 6.07) is 8.84. The van der Waals surface area contributed by atoms with Gasteiger partial charge in [0.1, 0.15) is 9.96 Å². The maximum Gasteiger partial charge on any atom is 0.305 e. The first-order valence-electron chi connectivity index (χ1n) is 6.34. The molecule has 0 aliphatic rings. The SMILES string of the molecule is COc1ccc([C@@H](CC(=O)O)NS(=O)(=O)c2cccs2)cc1. The van der Waals surface area contributed by atoms with Gasteiger partial charge in [-0.15, -0.1) is 11.3 Å². The first kappa shape index (κ1) is 16.5. The van der Waals surface area contributed by atoms with Gasteiger partial charge in [-0.2, -0.15) is 0 Å². The van der Waals surface area contributed by atoms with Crippen molar-refractivity contribution in [1.82, 2.24) is 4.72 Å². The third kappa shape index (κ3) is 4.06. The number of carboxylic acid groups (broad SMARTS) is 1. The first-order chi connectivity index (χ1) is 10.4. The average molecular weight is 341 g/mol. The van der Waals surface area contributed by atoms with E-state index in [4.69, 9.17) is 9.84 Å². The van der Waals surface area contributed by atoms with Gasteiger partial charge in [0.15, 0.2) is 0 Å². The Morgan fingerprint density at radius 2 is 2.00 bits per heavy atom. The summed E-state index contributed by atoms with van der Waals surface area (Å²) in [7, 11) is -2.23. The second-order valence-corrected chi connectivity index (χ2v) is 7.37. The normalized spacial score (nSPS) is 12.8. The fraction of sp³-hybridized carbons (Fsp3) is 0.214. The van der Waals surface area contributed by atoms with Crippen molar-refractivity contribution in [3.05, 3.63) is 47.3 Å². The van der Waals surface area contributed by atoms with E-state index in [1.54, 1.807) is 35.7 Å². The number of nitrogens with one attached hydrogen (secondary N) is 1. The summed E-state index contributed by atoms with van der Waals surface area (Å²) in [5.41, 5.74) is 0.559. The molecular weight excluding hydrogens is 326 g/mol. The Morgan fingerprint density at radius 3 is 2.50 bits per heavy atom. The lowest BCUT2D eigenvalue weighted by Crippen LogP contribution is -2.29. The van der Waals surface area contributed by atoms with Crippen LogP contribution in [0.25, 0.3) is 0 Å². The van der Waals surface area contributed by atoms with Crippen LogP contribution in [0.4, 0.5) is 0 Å². The van der Waals surface area contributed by atoms with Crippen molar-refractivity contribution in [2.75, 3.05) is 7.11 Å². The molecule has 1 atom stereocenters. The molecule has 22 heavy (non-hydrogen) atoms. The Bertz CT molecular complexity index is 723. The lowest BCUT2D eigenvalue weighted by Gasteiger charge is -2.17. The molecule has 0 aliphatic heterocycles. The van der Waals surface area contributed by atoms with Crippen molar-refractivity contribution in [2.45, 2.75) is 16.7 Å². The number of rotatable bonds is 7. The highest BCUT2D eigenvalue weighted by Crippen LogP contribution is 2.24. The maximum absolute atomic E-state index is 12.3. The highest BCUT2D eigenvalue weighted by molar-refractivity contribution is 7.91. The molecule has 0 radical (unpaired) electrons. The molecule has 1 aromatic heterocycles. The van der Waals surface area contributed by atoms with Crippen LogP contribution in [0.2, 0.25) is 0 Å². The maximum atomic E-state index is 12.3. The van der Waals surface area contributed by atoms with Gasteiger partial charge in [-0.1, -0.05) is 18.2 Å². The van der Waals surface area contributed by atoms with E-state index >= 15 is 0 Å². The molecule has 0 fully saturated rings. The third-order valence-corrected chi connectivity index (χ3v) is 5.82. The Balaban J connectivity index is 2.28. The topological polar surface area (TPSA) is 92.7 Å². The molecule has 8 heteroatoms. The second kappa shape index (κ2) is 6.91. The molecule has 0 bridgehead atoms.